The molecule has 2 N–H and O–H groups in total. The number of carbonyl (C=O) groups is 2. The second-order valence-corrected chi connectivity index (χ2v) is 10.3. The lowest BCUT2D eigenvalue weighted by atomic mass is 9.66. The molecule has 0 unspecified atom stereocenters. The summed E-state index contributed by atoms with van der Waals surface area (Å²) >= 11 is 12.0. The summed E-state index contributed by atoms with van der Waals surface area (Å²) < 4.78 is 0. The largest absolute Gasteiger partial charge is 0.384 e. The molecule has 172 valence electrons. The van der Waals surface area contributed by atoms with E-state index in [1.807, 2.05) is 39.8 Å². The average molecular weight is 477 g/mol. The maximum Gasteiger partial charge on any atom is 0.251 e. The van der Waals surface area contributed by atoms with Crippen molar-refractivity contribution in [3.05, 3.63) is 69.7 Å². The molecule has 2 amide bonds. The van der Waals surface area contributed by atoms with Crippen LogP contribution < -0.4 is 5.32 Å². The summed E-state index contributed by atoms with van der Waals surface area (Å²) in [5.41, 5.74) is -0.500. The lowest BCUT2D eigenvalue weighted by Gasteiger charge is -2.51. The molecule has 0 aromatic heterocycles. The van der Waals surface area contributed by atoms with Crippen LogP contribution in [0.15, 0.2) is 48.5 Å². The fourth-order valence-corrected chi connectivity index (χ4v) is 4.65. The van der Waals surface area contributed by atoms with E-state index in [-0.39, 0.29) is 17.7 Å². The Labute approximate surface area is 199 Å². The van der Waals surface area contributed by atoms with Gasteiger partial charge in [-0.1, -0.05) is 69.1 Å². The van der Waals surface area contributed by atoms with Crippen LogP contribution in [0.5, 0.6) is 0 Å². The zero-order valence-corrected chi connectivity index (χ0v) is 20.4. The molecule has 1 saturated heterocycles. The van der Waals surface area contributed by atoms with Crippen LogP contribution >= 0.6 is 23.2 Å². The van der Waals surface area contributed by atoms with Crippen LogP contribution in [-0.4, -0.2) is 41.0 Å². The van der Waals surface area contributed by atoms with E-state index in [0.717, 1.165) is 5.56 Å². The van der Waals surface area contributed by atoms with Gasteiger partial charge in [0.2, 0.25) is 5.91 Å². The lowest BCUT2D eigenvalue weighted by molar-refractivity contribution is -0.155. The highest BCUT2D eigenvalue weighted by Crippen LogP contribution is 2.46. The summed E-state index contributed by atoms with van der Waals surface area (Å²) in [7, 11) is 0. The number of hydrogen-bond acceptors (Lipinski definition) is 3. The molecule has 1 fully saturated rings. The van der Waals surface area contributed by atoms with Gasteiger partial charge in [0.05, 0.1) is 5.60 Å². The minimum absolute atomic E-state index is 0.106. The number of carbonyl (C=O) groups excluding carboxylic acids is 2. The van der Waals surface area contributed by atoms with Crippen molar-refractivity contribution in [3.8, 4) is 0 Å². The van der Waals surface area contributed by atoms with Crippen molar-refractivity contribution in [2.24, 2.45) is 11.3 Å². The molecule has 2 aromatic rings. The van der Waals surface area contributed by atoms with E-state index < -0.39 is 17.1 Å². The van der Waals surface area contributed by atoms with E-state index in [1.54, 1.807) is 41.3 Å². The molecule has 2 aromatic carbocycles. The number of piperidine rings is 1. The van der Waals surface area contributed by atoms with Gasteiger partial charge in [-0.05, 0) is 48.2 Å². The zero-order chi connectivity index (χ0) is 23.7. The number of halogens is 2. The number of nitrogens with one attached hydrogen (secondary N) is 1. The van der Waals surface area contributed by atoms with Crippen LogP contribution in [0, 0.1) is 11.3 Å². The van der Waals surface area contributed by atoms with Gasteiger partial charge in [0.1, 0.15) is 6.04 Å². The molecule has 1 heterocycles. The van der Waals surface area contributed by atoms with Crippen LogP contribution in [0.2, 0.25) is 10.0 Å². The van der Waals surface area contributed by atoms with Crippen molar-refractivity contribution >= 4 is 35.0 Å². The molecule has 0 bridgehead atoms. The smallest absolute Gasteiger partial charge is 0.251 e. The Kier molecular flexibility index (Phi) is 7.23. The topological polar surface area (TPSA) is 69.6 Å². The van der Waals surface area contributed by atoms with Gasteiger partial charge in [-0.3, -0.25) is 9.59 Å². The normalized spacial score (nSPS) is 21.3. The molecule has 32 heavy (non-hydrogen) atoms. The minimum atomic E-state index is -1.09. The highest BCUT2D eigenvalue weighted by Gasteiger charge is 2.50. The second kappa shape index (κ2) is 9.42. The van der Waals surface area contributed by atoms with E-state index in [1.165, 1.54) is 0 Å². The first-order chi connectivity index (χ1) is 14.9. The summed E-state index contributed by atoms with van der Waals surface area (Å²) in [6, 6.07) is 13.2. The third-order valence-electron chi connectivity index (χ3n) is 6.39. The van der Waals surface area contributed by atoms with Crippen molar-refractivity contribution in [1.82, 2.24) is 10.2 Å². The zero-order valence-electron chi connectivity index (χ0n) is 18.9. The van der Waals surface area contributed by atoms with Crippen LogP contribution in [0.1, 0.15) is 50.0 Å². The molecule has 3 rings (SSSR count). The number of amides is 2. The first kappa shape index (κ1) is 24.6. The van der Waals surface area contributed by atoms with E-state index in [2.05, 4.69) is 5.32 Å². The number of benzene rings is 2. The molecule has 1 aliphatic rings. The Balaban J connectivity index is 1.77. The van der Waals surface area contributed by atoms with E-state index >= 15 is 0 Å². The summed E-state index contributed by atoms with van der Waals surface area (Å²) in [6.45, 7) is 8.46. The average Bonchev–Trinajstić information content (AvgIpc) is 2.73. The van der Waals surface area contributed by atoms with Gasteiger partial charge in [0, 0.05) is 34.1 Å². The Bertz CT molecular complexity index is 991. The Morgan fingerprint density at radius 3 is 2.28 bits per heavy atom. The van der Waals surface area contributed by atoms with Crippen LogP contribution in [0.3, 0.4) is 0 Å². The van der Waals surface area contributed by atoms with Gasteiger partial charge in [-0.25, -0.2) is 0 Å². The molecule has 0 saturated carbocycles. The first-order valence-corrected chi connectivity index (χ1v) is 11.5. The van der Waals surface area contributed by atoms with Gasteiger partial charge < -0.3 is 15.3 Å². The molecule has 0 radical (unpaired) electrons. The monoisotopic (exact) mass is 476 g/mol. The predicted octanol–water partition coefficient (Wildman–Crippen LogP) is 4.89. The van der Waals surface area contributed by atoms with Crippen molar-refractivity contribution in [3.63, 3.8) is 0 Å². The summed E-state index contributed by atoms with van der Waals surface area (Å²) in [6.07, 6.45) is 0.389. The van der Waals surface area contributed by atoms with Crippen molar-refractivity contribution in [2.45, 2.75) is 45.8 Å². The van der Waals surface area contributed by atoms with Gasteiger partial charge in [0.25, 0.3) is 5.91 Å². The Morgan fingerprint density at radius 1 is 1.06 bits per heavy atom. The number of likely N-dealkylation sites (tertiary alicyclic amines) is 1. The van der Waals surface area contributed by atoms with Gasteiger partial charge in [-0.2, -0.15) is 0 Å². The quantitative estimate of drug-likeness (QED) is 0.644. The molecule has 5 nitrogen and oxygen atoms in total. The molecular weight excluding hydrogens is 447 g/mol. The second-order valence-electron chi connectivity index (χ2n) is 9.47. The van der Waals surface area contributed by atoms with Gasteiger partial charge in [-0.15, -0.1) is 0 Å². The lowest BCUT2D eigenvalue weighted by Crippen LogP contribution is -2.60. The third kappa shape index (κ3) is 4.95. The molecule has 1 aliphatic heterocycles. The highest BCUT2D eigenvalue weighted by atomic mass is 35.5. The fourth-order valence-electron chi connectivity index (χ4n) is 4.34. The van der Waals surface area contributed by atoms with E-state index in [9.17, 15) is 14.7 Å². The number of nitrogens with zero attached hydrogens (tertiary/aromatic N) is 1. The maximum atomic E-state index is 13.4. The van der Waals surface area contributed by atoms with Crippen LogP contribution in [0.4, 0.5) is 0 Å². The Morgan fingerprint density at radius 2 is 1.72 bits per heavy atom. The number of aliphatic hydroxyl groups is 1. The molecular formula is C25H30Cl2N2O3. The first-order valence-electron chi connectivity index (χ1n) is 10.8. The minimum Gasteiger partial charge on any atom is -0.384 e. The van der Waals surface area contributed by atoms with Crippen LogP contribution in [0.25, 0.3) is 0 Å². The summed E-state index contributed by atoms with van der Waals surface area (Å²) in [5.74, 6) is -0.596. The standard InChI is InChI=1S/C25H30Cl2N2O3/c1-16(2)21(28-22(30)17-6-5-7-20(27)14-17)23(31)29-13-12-25(32,24(3,4)15-29)18-8-10-19(26)11-9-18/h5-11,14,16,21,32H,12-13,15H2,1-4H3,(H,28,30)/t21-,25+/m1/s1. The predicted molar refractivity (Wildman–Crippen MR) is 128 cm³/mol. The van der Waals surface area contributed by atoms with Gasteiger partial charge in [0.15, 0.2) is 0 Å². The van der Waals surface area contributed by atoms with Crippen LogP contribution in [-0.2, 0) is 10.4 Å². The van der Waals surface area contributed by atoms with Crippen molar-refractivity contribution in [1.29, 1.82) is 0 Å². The van der Waals surface area contributed by atoms with Gasteiger partial charge >= 0.3 is 0 Å². The van der Waals surface area contributed by atoms with Crippen molar-refractivity contribution < 1.29 is 14.7 Å². The molecule has 0 spiro atoms. The van der Waals surface area contributed by atoms with E-state index in [0.29, 0.717) is 35.1 Å². The molecule has 2 atom stereocenters. The summed E-state index contributed by atoms with van der Waals surface area (Å²) in [4.78, 5) is 27.9. The summed E-state index contributed by atoms with van der Waals surface area (Å²) in [5, 5.41) is 15.5. The number of rotatable bonds is 5. The Hall–Kier alpha value is -2.08. The van der Waals surface area contributed by atoms with E-state index in [4.69, 9.17) is 23.2 Å². The highest BCUT2D eigenvalue weighted by molar-refractivity contribution is 6.31. The molecule has 7 heteroatoms. The molecule has 0 aliphatic carbocycles. The van der Waals surface area contributed by atoms with Crippen molar-refractivity contribution in [2.75, 3.05) is 13.1 Å². The number of hydrogen-bond donors (Lipinski definition) is 2. The maximum absolute atomic E-state index is 13.4. The fraction of sp³-hybridized carbons (Fsp3) is 0.440. The SMILES string of the molecule is CC(C)[C@@H](NC(=O)c1cccc(Cl)c1)C(=O)N1CC[C@](O)(c2ccc(Cl)cc2)C(C)(C)C1. The third-order valence-corrected chi connectivity index (χ3v) is 6.88.